The topological polar surface area (TPSA) is 43.6 Å². The summed E-state index contributed by atoms with van der Waals surface area (Å²) >= 11 is 0. The molecule has 22 heavy (non-hydrogen) atoms. The zero-order valence-corrected chi connectivity index (χ0v) is 13.6. The highest BCUT2D eigenvalue weighted by molar-refractivity contribution is 5.83. The minimum Gasteiger partial charge on any atom is -0.493 e. The van der Waals surface area contributed by atoms with Crippen molar-refractivity contribution in [1.82, 2.24) is 5.32 Å². The summed E-state index contributed by atoms with van der Waals surface area (Å²) in [5.41, 5.74) is 0.826. The van der Waals surface area contributed by atoms with Gasteiger partial charge >= 0.3 is 0 Å². The predicted molar refractivity (Wildman–Crippen MR) is 87.3 cm³/mol. The summed E-state index contributed by atoms with van der Waals surface area (Å²) in [4.78, 5) is 0. The van der Waals surface area contributed by atoms with E-state index in [1.54, 1.807) is 7.11 Å². The van der Waals surface area contributed by atoms with Crippen LogP contribution in [-0.2, 0) is 4.74 Å². The second-order valence-corrected chi connectivity index (χ2v) is 6.15. The average Bonchev–Trinajstić information content (AvgIpc) is 2.99. The van der Waals surface area contributed by atoms with Crippen LogP contribution in [0.4, 0.5) is 0 Å². The van der Waals surface area contributed by atoms with Crippen LogP contribution in [0.2, 0.25) is 0 Å². The Morgan fingerprint density at radius 2 is 2.00 bits per heavy atom. The molecule has 1 aliphatic heterocycles. The van der Waals surface area contributed by atoms with Gasteiger partial charge in [-0.2, -0.15) is 0 Å². The van der Waals surface area contributed by atoms with E-state index in [9.17, 15) is 0 Å². The summed E-state index contributed by atoms with van der Waals surface area (Å²) in [7, 11) is 1.67. The van der Waals surface area contributed by atoms with Gasteiger partial charge in [-0.15, -0.1) is 0 Å². The van der Waals surface area contributed by atoms with E-state index in [0.717, 1.165) is 48.5 Å². The molecule has 1 aromatic carbocycles. The van der Waals surface area contributed by atoms with Gasteiger partial charge in [0, 0.05) is 24.6 Å². The van der Waals surface area contributed by atoms with E-state index in [-0.39, 0.29) is 6.04 Å². The lowest BCUT2D eigenvalue weighted by atomic mass is 9.92. The lowest BCUT2D eigenvalue weighted by Gasteiger charge is -2.30. The Balaban J connectivity index is 1.72. The van der Waals surface area contributed by atoms with Crippen molar-refractivity contribution >= 4 is 11.0 Å². The number of rotatable bonds is 5. The first kappa shape index (κ1) is 15.4. The second-order valence-electron chi connectivity index (χ2n) is 6.15. The molecule has 0 spiro atoms. The summed E-state index contributed by atoms with van der Waals surface area (Å²) in [6.07, 6.45) is 2.27. The summed E-state index contributed by atoms with van der Waals surface area (Å²) in [5, 5.41) is 4.76. The van der Waals surface area contributed by atoms with E-state index in [2.05, 4.69) is 31.3 Å². The van der Waals surface area contributed by atoms with Gasteiger partial charge in [0.1, 0.15) is 5.76 Å². The molecule has 1 N–H and O–H groups in total. The molecule has 4 nitrogen and oxygen atoms in total. The highest BCUT2D eigenvalue weighted by Gasteiger charge is 2.23. The third-order valence-electron chi connectivity index (χ3n) is 4.66. The van der Waals surface area contributed by atoms with Gasteiger partial charge in [-0.1, -0.05) is 12.1 Å². The zero-order valence-electron chi connectivity index (χ0n) is 13.6. The Morgan fingerprint density at radius 1 is 1.23 bits per heavy atom. The Kier molecular flexibility index (Phi) is 4.69. The third-order valence-corrected chi connectivity index (χ3v) is 4.66. The Bertz CT molecular complexity index is 616. The van der Waals surface area contributed by atoms with Crippen molar-refractivity contribution < 1.29 is 13.9 Å². The van der Waals surface area contributed by atoms with Crippen LogP contribution in [0.3, 0.4) is 0 Å². The maximum atomic E-state index is 6.03. The first-order valence-electron chi connectivity index (χ1n) is 8.09. The zero-order chi connectivity index (χ0) is 15.5. The van der Waals surface area contributed by atoms with Gasteiger partial charge in [-0.05, 0) is 44.7 Å². The Morgan fingerprint density at radius 3 is 2.73 bits per heavy atom. The van der Waals surface area contributed by atoms with Crippen LogP contribution in [0.15, 0.2) is 28.7 Å². The van der Waals surface area contributed by atoms with Crippen molar-refractivity contribution in [3.8, 4) is 5.75 Å². The van der Waals surface area contributed by atoms with E-state index in [1.807, 2.05) is 12.1 Å². The largest absolute Gasteiger partial charge is 0.493 e. The average molecular weight is 303 g/mol. The molecular weight excluding hydrogens is 278 g/mol. The normalized spacial score (nSPS) is 19.2. The number of benzene rings is 1. The van der Waals surface area contributed by atoms with E-state index in [4.69, 9.17) is 13.9 Å². The predicted octanol–water partition coefficient (Wildman–Crippen LogP) is 3.91. The van der Waals surface area contributed by atoms with E-state index >= 15 is 0 Å². The van der Waals surface area contributed by atoms with Gasteiger partial charge in [0.05, 0.1) is 13.2 Å². The number of ether oxygens (including phenoxy) is 2. The van der Waals surface area contributed by atoms with Crippen LogP contribution < -0.4 is 10.1 Å². The van der Waals surface area contributed by atoms with Crippen LogP contribution in [0.1, 0.15) is 38.5 Å². The molecule has 1 fully saturated rings. The molecule has 0 amide bonds. The molecule has 1 aromatic heterocycles. The highest BCUT2D eigenvalue weighted by atomic mass is 16.5. The maximum Gasteiger partial charge on any atom is 0.176 e. The number of para-hydroxylation sites is 1. The molecule has 2 aromatic rings. The van der Waals surface area contributed by atoms with Crippen LogP contribution in [0.5, 0.6) is 5.75 Å². The van der Waals surface area contributed by atoms with Crippen molar-refractivity contribution in [3.63, 3.8) is 0 Å². The van der Waals surface area contributed by atoms with Gasteiger partial charge < -0.3 is 19.2 Å². The van der Waals surface area contributed by atoms with Crippen molar-refractivity contribution in [2.24, 2.45) is 5.92 Å². The lowest BCUT2D eigenvalue weighted by Crippen LogP contribution is -2.38. The number of nitrogens with one attached hydrogen (secondary N) is 1. The van der Waals surface area contributed by atoms with E-state index < -0.39 is 0 Å². The van der Waals surface area contributed by atoms with Crippen molar-refractivity contribution in [1.29, 1.82) is 0 Å². The molecule has 120 valence electrons. The molecule has 0 unspecified atom stereocenters. The van der Waals surface area contributed by atoms with Crippen LogP contribution in [0.25, 0.3) is 11.0 Å². The lowest BCUT2D eigenvalue weighted by molar-refractivity contribution is 0.0543. The minimum atomic E-state index is 0.176. The quantitative estimate of drug-likeness (QED) is 0.909. The SMILES string of the molecule is COc1cccc2cc([C@@H](C)N[C@H](C)C3CCOCC3)oc12. The molecule has 0 bridgehead atoms. The number of hydrogen-bond donors (Lipinski definition) is 1. The van der Waals surface area contributed by atoms with Crippen LogP contribution in [-0.4, -0.2) is 26.4 Å². The summed E-state index contributed by atoms with van der Waals surface area (Å²) in [6.45, 7) is 6.18. The molecule has 1 saturated heterocycles. The molecule has 2 atom stereocenters. The highest BCUT2D eigenvalue weighted by Crippen LogP contribution is 2.31. The van der Waals surface area contributed by atoms with Crippen molar-refractivity contribution in [3.05, 3.63) is 30.0 Å². The van der Waals surface area contributed by atoms with Gasteiger partial charge in [-0.25, -0.2) is 0 Å². The Hall–Kier alpha value is -1.52. The molecule has 0 aliphatic carbocycles. The maximum absolute atomic E-state index is 6.03. The smallest absolute Gasteiger partial charge is 0.176 e. The van der Waals surface area contributed by atoms with Crippen LogP contribution >= 0.6 is 0 Å². The van der Waals surface area contributed by atoms with Crippen LogP contribution in [0, 0.1) is 5.92 Å². The van der Waals surface area contributed by atoms with Gasteiger partial charge in [-0.3, -0.25) is 0 Å². The second kappa shape index (κ2) is 6.71. The Labute approximate surface area is 131 Å². The van der Waals surface area contributed by atoms with E-state index in [1.165, 1.54) is 0 Å². The molecule has 3 rings (SSSR count). The molecule has 1 aliphatic rings. The van der Waals surface area contributed by atoms with E-state index in [0.29, 0.717) is 12.0 Å². The van der Waals surface area contributed by atoms with Gasteiger partial charge in [0.25, 0.3) is 0 Å². The summed E-state index contributed by atoms with van der Waals surface area (Å²) in [5.74, 6) is 2.42. The van der Waals surface area contributed by atoms with Gasteiger partial charge in [0.2, 0.25) is 0 Å². The molecule has 2 heterocycles. The monoisotopic (exact) mass is 303 g/mol. The first-order valence-corrected chi connectivity index (χ1v) is 8.09. The fourth-order valence-corrected chi connectivity index (χ4v) is 3.26. The standard InChI is InChI=1S/C18H25NO3/c1-12(14-7-9-21-10-8-14)19-13(2)17-11-15-5-4-6-16(20-3)18(15)22-17/h4-6,11-14,19H,7-10H2,1-3H3/t12-,13-/m1/s1. The first-order chi connectivity index (χ1) is 10.7. The molecule has 0 radical (unpaired) electrons. The molecule has 0 saturated carbocycles. The summed E-state index contributed by atoms with van der Waals surface area (Å²) < 4.78 is 16.8. The third kappa shape index (κ3) is 3.13. The number of fused-ring (bicyclic) bond motifs is 1. The number of methoxy groups -OCH3 is 1. The fraction of sp³-hybridized carbons (Fsp3) is 0.556. The summed E-state index contributed by atoms with van der Waals surface area (Å²) in [6, 6.07) is 8.71. The number of furan rings is 1. The van der Waals surface area contributed by atoms with Crippen molar-refractivity contribution in [2.45, 2.75) is 38.8 Å². The minimum absolute atomic E-state index is 0.176. The number of hydrogen-bond acceptors (Lipinski definition) is 4. The van der Waals surface area contributed by atoms with Crippen molar-refractivity contribution in [2.75, 3.05) is 20.3 Å². The molecule has 4 heteroatoms. The van der Waals surface area contributed by atoms with Gasteiger partial charge in [0.15, 0.2) is 11.3 Å². The fourth-order valence-electron chi connectivity index (χ4n) is 3.26. The molecular formula is C18H25NO3.